The fourth-order valence-electron chi connectivity index (χ4n) is 9.29. The molecule has 20 heteroatoms. The number of aromatic nitrogens is 4. The van der Waals surface area contributed by atoms with Gasteiger partial charge < -0.3 is 29.1 Å². The van der Waals surface area contributed by atoms with Gasteiger partial charge in [-0.3, -0.25) is 33.8 Å². The number of urea groups is 1. The van der Waals surface area contributed by atoms with E-state index in [2.05, 4.69) is 20.1 Å². The zero-order valence-electron chi connectivity index (χ0n) is 36.1. The fourth-order valence-corrected chi connectivity index (χ4v) is 9.82. The summed E-state index contributed by atoms with van der Waals surface area (Å²) in [4.78, 5) is 61.2. The van der Waals surface area contributed by atoms with Crippen LogP contribution < -0.4 is 30.1 Å². The summed E-state index contributed by atoms with van der Waals surface area (Å²) in [6, 6.07) is 11.5. The molecule has 4 aliphatic heterocycles. The van der Waals surface area contributed by atoms with Crippen LogP contribution in [-0.2, 0) is 21.4 Å². The Hall–Kier alpha value is -6.30. The number of aryl methyl sites for hydroxylation is 1. The molecule has 4 fully saturated rings. The van der Waals surface area contributed by atoms with Crippen molar-refractivity contribution in [3.05, 3.63) is 76.3 Å². The minimum Gasteiger partial charge on any atom is -0.453 e. The number of rotatable bonds is 10. The van der Waals surface area contributed by atoms with Gasteiger partial charge in [-0.25, -0.2) is 18.6 Å². The number of fused-ring (bicyclic) bond motifs is 2. The standard InChI is InChI=1S/C45H48F2N10O7S/c1-26(2)65-52-35-7-5-32(46)40(31(35)23-48)64-28-4-6-34-29(18-28)42(60)57(25-49-34)27-21-45(63-24-27)11-16-55(17-12-45)39(59)22-44(62)9-14-54(15-10-44)37-20-36-30(19-33(37)47)41(51-53(36)3)56-13-8-38(58)50-43(56)61/h4-7,18-20,25-27,52,62H,8-17,21-22,24H2,1-3H3,(H,50,58,61). The van der Waals surface area contributed by atoms with E-state index in [-0.39, 0.29) is 95.8 Å². The Bertz CT molecular complexity index is 2830. The number of halogens is 2. The predicted molar refractivity (Wildman–Crippen MR) is 239 cm³/mol. The van der Waals surface area contributed by atoms with Crippen molar-refractivity contribution in [2.24, 2.45) is 7.05 Å². The second-order valence-electron chi connectivity index (χ2n) is 17.6. The van der Waals surface area contributed by atoms with Crippen molar-refractivity contribution in [3.63, 3.8) is 0 Å². The van der Waals surface area contributed by atoms with Gasteiger partial charge in [0.1, 0.15) is 23.2 Å². The summed E-state index contributed by atoms with van der Waals surface area (Å²) in [6.07, 6.45) is 3.66. The van der Waals surface area contributed by atoms with Crippen molar-refractivity contribution in [2.75, 3.05) is 53.9 Å². The molecule has 3 aromatic carbocycles. The van der Waals surface area contributed by atoms with Crippen LogP contribution in [0.5, 0.6) is 11.5 Å². The first-order valence-corrected chi connectivity index (χ1v) is 22.5. The zero-order chi connectivity index (χ0) is 45.8. The lowest BCUT2D eigenvalue weighted by Gasteiger charge is -2.42. The Morgan fingerprint density at radius 1 is 1.05 bits per heavy atom. The number of amides is 4. The van der Waals surface area contributed by atoms with Crippen LogP contribution in [0.2, 0.25) is 0 Å². The number of carbonyl (C=O) groups excluding carboxylic acids is 3. The summed E-state index contributed by atoms with van der Waals surface area (Å²) in [5, 5.41) is 29.1. The van der Waals surface area contributed by atoms with Gasteiger partial charge in [0.05, 0.1) is 64.4 Å². The molecule has 1 unspecified atom stereocenters. The molecule has 4 saturated heterocycles. The number of nitriles is 1. The number of anilines is 3. The Morgan fingerprint density at radius 2 is 1.82 bits per heavy atom. The van der Waals surface area contributed by atoms with Crippen molar-refractivity contribution in [1.82, 2.24) is 29.5 Å². The first kappa shape index (κ1) is 43.9. The molecule has 9 rings (SSSR count). The molecule has 0 aliphatic carbocycles. The number of likely N-dealkylation sites (tertiary alicyclic amines) is 1. The van der Waals surface area contributed by atoms with Gasteiger partial charge in [0.2, 0.25) is 11.8 Å². The number of nitrogens with zero attached hydrogens (tertiary/aromatic N) is 8. The van der Waals surface area contributed by atoms with Crippen LogP contribution >= 0.6 is 11.9 Å². The minimum absolute atomic E-state index is 0.00122. The molecule has 0 saturated carbocycles. The molecule has 0 bridgehead atoms. The summed E-state index contributed by atoms with van der Waals surface area (Å²) in [5.41, 5.74) is -0.386. The number of aliphatic hydroxyl groups is 1. The van der Waals surface area contributed by atoms with Crippen LogP contribution in [0.4, 0.5) is 30.8 Å². The smallest absolute Gasteiger partial charge is 0.329 e. The summed E-state index contributed by atoms with van der Waals surface area (Å²) in [6.45, 7) is 5.82. The molecular formula is C45H48F2N10O7S. The third kappa shape index (κ3) is 8.55. The van der Waals surface area contributed by atoms with Crippen LogP contribution in [0, 0.1) is 23.0 Å². The molecule has 6 heterocycles. The van der Waals surface area contributed by atoms with E-state index in [4.69, 9.17) is 9.47 Å². The van der Waals surface area contributed by atoms with E-state index in [1.54, 1.807) is 39.4 Å². The zero-order valence-corrected chi connectivity index (χ0v) is 36.9. The monoisotopic (exact) mass is 910 g/mol. The van der Waals surface area contributed by atoms with E-state index < -0.39 is 28.9 Å². The maximum atomic E-state index is 15.7. The predicted octanol–water partition coefficient (Wildman–Crippen LogP) is 5.88. The first-order valence-electron chi connectivity index (χ1n) is 21.6. The van der Waals surface area contributed by atoms with Crippen molar-refractivity contribution < 1.29 is 37.7 Å². The van der Waals surface area contributed by atoms with Crippen LogP contribution in [0.3, 0.4) is 0 Å². The Kier molecular flexibility index (Phi) is 11.7. The Morgan fingerprint density at radius 3 is 2.54 bits per heavy atom. The van der Waals surface area contributed by atoms with Crippen LogP contribution in [0.25, 0.3) is 21.8 Å². The lowest BCUT2D eigenvalue weighted by Crippen LogP contribution is -2.51. The molecule has 4 amide bonds. The quantitative estimate of drug-likeness (QED) is 0.140. The maximum absolute atomic E-state index is 15.7. The Labute approximate surface area is 376 Å². The third-order valence-electron chi connectivity index (χ3n) is 12.9. The van der Waals surface area contributed by atoms with E-state index in [0.29, 0.717) is 73.2 Å². The molecule has 65 heavy (non-hydrogen) atoms. The van der Waals surface area contributed by atoms with E-state index in [9.17, 15) is 29.5 Å². The Balaban J connectivity index is 0.807. The number of imide groups is 1. The molecule has 17 nitrogen and oxygen atoms in total. The summed E-state index contributed by atoms with van der Waals surface area (Å²) in [7, 11) is 1.70. The van der Waals surface area contributed by atoms with E-state index >= 15 is 8.78 Å². The average Bonchev–Trinajstić information content (AvgIpc) is 3.83. The summed E-state index contributed by atoms with van der Waals surface area (Å²) in [5.74, 6) is -1.60. The van der Waals surface area contributed by atoms with Gasteiger partial charge >= 0.3 is 6.03 Å². The third-order valence-corrected chi connectivity index (χ3v) is 13.7. The van der Waals surface area contributed by atoms with Crippen LogP contribution in [0.1, 0.15) is 70.4 Å². The fraction of sp³-hybridized carbons (Fsp3) is 0.444. The van der Waals surface area contributed by atoms with Crippen molar-refractivity contribution in [2.45, 2.75) is 81.3 Å². The van der Waals surface area contributed by atoms with Gasteiger partial charge in [-0.15, -0.1) is 0 Å². The van der Waals surface area contributed by atoms with Gasteiger partial charge in [0.25, 0.3) is 5.56 Å². The molecule has 340 valence electrons. The summed E-state index contributed by atoms with van der Waals surface area (Å²) >= 11 is 1.38. The highest BCUT2D eigenvalue weighted by Crippen LogP contribution is 2.42. The number of carbonyl (C=O) groups is 3. The normalized spacial score (nSPS) is 19.6. The number of hydrogen-bond acceptors (Lipinski definition) is 13. The van der Waals surface area contributed by atoms with Crippen LogP contribution in [-0.4, -0.2) is 103 Å². The molecule has 3 N–H and O–H groups in total. The number of ether oxygens (including phenoxy) is 2. The molecule has 0 radical (unpaired) electrons. The molecule has 1 spiro atoms. The molecular weight excluding hydrogens is 863 g/mol. The largest absolute Gasteiger partial charge is 0.453 e. The molecule has 2 aromatic heterocycles. The highest BCUT2D eigenvalue weighted by molar-refractivity contribution is 8.01. The van der Waals surface area contributed by atoms with Crippen molar-refractivity contribution >= 4 is 68.8 Å². The average molecular weight is 911 g/mol. The van der Waals surface area contributed by atoms with Gasteiger partial charge in [-0.1, -0.05) is 13.8 Å². The first-order chi connectivity index (χ1) is 31.1. The van der Waals surface area contributed by atoms with E-state index in [1.807, 2.05) is 24.8 Å². The van der Waals surface area contributed by atoms with E-state index in [0.717, 1.165) is 0 Å². The van der Waals surface area contributed by atoms with Gasteiger partial charge in [0, 0.05) is 56.8 Å². The van der Waals surface area contributed by atoms with Gasteiger partial charge in [0.15, 0.2) is 17.4 Å². The second kappa shape index (κ2) is 17.2. The second-order valence-corrected chi connectivity index (χ2v) is 18.9. The van der Waals surface area contributed by atoms with Gasteiger partial charge in [-0.05, 0) is 86.5 Å². The lowest BCUT2D eigenvalue weighted by molar-refractivity contribution is -0.142. The maximum Gasteiger partial charge on any atom is 0.329 e. The molecule has 4 aliphatic rings. The molecule has 1 atom stereocenters. The van der Waals surface area contributed by atoms with Crippen LogP contribution in [0.15, 0.2) is 53.6 Å². The highest BCUT2D eigenvalue weighted by atomic mass is 32.2. The SMILES string of the molecule is CC(C)SNc1ccc(F)c(Oc2ccc3ncn(C4COC5(CCN(C(=O)CC6(O)CCN(c7cc8c(cc7F)c(N7CCC(=O)NC7=O)nn8C)CC6)CC5)C4)c(=O)c3c2)c1C#N. The minimum atomic E-state index is -1.27. The topological polar surface area (TPSA) is 200 Å². The van der Waals surface area contributed by atoms with E-state index in [1.165, 1.54) is 47.4 Å². The van der Waals surface area contributed by atoms with Crippen molar-refractivity contribution in [1.29, 1.82) is 5.26 Å². The number of hydrogen-bond donors (Lipinski definition) is 3. The van der Waals surface area contributed by atoms with Crippen molar-refractivity contribution in [3.8, 4) is 17.6 Å². The number of nitrogens with one attached hydrogen (secondary N) is 2. The lowest BCUT2D eigenvalue weighted by atomic mass is 9.85. The molecule has 5 aromatic rings. The summed E-state index contributed by atoms with van der Waals surface area (Å²) < 4.78 is 49.3. The number of benzene rings is 3. The number of piperidine rings is 2. The highest BCUT2D eigenvalue weighted by Gasteiger charge is 2.45. The van der Waals surface area contributed by atoms with Gasteiger partial charge in [-0.2, -0.15) is 10.4 Å².